The van der Waals surface area contributed by atoms with Gasteiger partial charge in [0.2, 0.25) is 0 Å². The van der Waals surface area contributed by atoms with Crippen LogP contribution in [-0.4, -0.2) is 73.4 Å². The lowest BCUT2D eigenvalue weighted by Gasteiger charge is -2.26. The van der Waals surface area contributed by atoms with Gasteiger partial charge in [-0.15, -0.1) is 28.7 Å². The monoisotopic (exact) mass is 550 g/mol. The highest BCUT2D eigenvalue weighted by molar-refractivity contribution is 7.80. The molecule has 1 aliphatic heterocycles. The number of hydrogen-bond acceptors (Lipinski definition) is 8. The Balaban J connectivity index is 0.000000505. The number of phenolic OH excluding ortho intramolecular Hbond substituents is 2. The maximum absolute atomic E-state index is 10.6. The first-order chi connectivity index (χ1) is 18.0. The number of phenols is 2. The largest absolute Gasteiger partial charge is 0.507 e. The van der Waals surface area contributed by atoms with Gasteiger partial charge in [0.25, 0.3) is 0 Å². The Labute approximate surface area is 221 Å². The molecule has 0 aliphatic carbocycles. The Kier molecular flexibility index (Phi) is 9.62. The number of nitrogens with zero attached hydrogens (tertiary/aromatic N) is 4. The molecule has 3 aromatic rings. The van der Waals surface area contributed by atoms with Crippen molar-refractivity contribution in [3.05, 3.63) is 47.5 Å². The van der Waals surface area contributed by atoms with Crippen molar-refractivity contribution in [2.75, 3.05) is 26.3 Å². The van der Waals surface area contributed by atoms with E-state index in [0.29, 0.717) is 28.5 Å². The number of carboxylic acid groups (broad SMARTS) is 1. The van der Waals surface area contributed by atoms with Gasteiger partial charge in [-0.1, -0.05) is 18.1 Å². The van der Waals surface area contributed by atoms with Gasteiger partial charge >= 0.3 is 12.1 Å². The number of aromatic nitrogens is 3. The van der Waals surface area contributed by atoms with Crippen LogP contribution in [-0.2, 0) is 22.5 Å². The fraction of sp³-hybridized carbons (Fsp3) is 0.320. The molecule has 2 aromatic carbocycles. The third kappa shape index (κ3) is 7.41. The molecule has 202 valence electrons. The van der Waals surface area contributed by atoms with Crippen molar-refractivity contribution >= 4 is 18.6 Å². The van der Waals surface area contributed by atoms with Gasteiger partial charge in [-0.05, 0) is 30.7 Å². The van der Waals surface area contributed by atoms with Crippen molar-refractivity contribution in [2.45, 2.75) is 31.2 Å². The summed E-state index contributed by atoms with van der Waals surface area (Å²) in [6.07, 6.45) is -4.71. The number of carboxylic acids is 1. The third-order valence-corrected chi connectivity index (χ3v) is 5.78. The Hall–Kier alpha value is -3.73. The lowest BCUT2D eigenvalue weighted by Crippen LogP contribution is -2.35. The number of hydrogen-bond donors (Lipinski definition) is 4. The Morgan fingerprint density at radius 3 is 2.32 bits per heavy atom. The number of benzene rings is 2. The van der Waals surface area contributed by atoms with Crippen LogP contribution in [0.2, 0.25) is 0 Å². The second kappa shape index (κ2) is 12.7. The van der Waals surface area contributed by atoms with E-state index in [1.807, 2.05) is 12.1 Å². The Bertz CT molecular complexity index is 1330. The molecule has 2 heterocycles. The maximum atomic E-state index is 10.6. The quantitative estimate of drug-likeness (QED) is 0.281. The predicted octanol–water partition coefficient (Wildman–Crippen LogP) is 3.67. The molecule has 0 amide bonds. The average molecular weight is 551 g/mol. The number of carbonyl (C=O) groups is 1. The highest BCUT2D eigenvalue weighted by atomic mass is 32.1. The SMILES string of the molecule is CC#CCc1cc(-c2nnc(S)n2-c2ccc(CN3CCOCC3)cc2)c(O)cc1O.O=C(O)C(F)(F)F. The van der Waals surface area contributed by atoms with Gasteiger partial charge in [0.05, 0.1) is 18.8 Å². The van der Waals surface area contributed by atoms with E-state index < -0.39 is 12.1 Å². The van der Waals surface area contributed by atoms with Crippen molar-refractivity contribution in [3.8, 4) is 40.4 Å². The first-order valence-electron chi connectivity index (χ1n) is 11.3. The third-order valence-electron chi connectivity index (χ3n) is 5.49. The lowest BCUT2D eigenvalue weighted by atomic mass is 10.0. The zero-order valence-electron chi connectivity index (χ0n) is 20.2. The summed E-state index contributed by atoms with van der Waals surface area (Å²) in [5.74, 6) is 3.34. The van der Waals surface area contributed by atoms with Gasteiger partial charge in [-0.25, -0.2) is 4.79 Å². The molecule has 1 aromatic heterocycles. The molecule has 0 atom stereocenters. The number of morpholine rings is 1. The van der Waals surface area contributed by atoms with Gasteiger partial charge in [0.15, 0.2) is 11.0 Å². The van der Waals surface area contributed by atoms with E-state index >= 15 is 0 Å². The maximum Gasteiger partial charge on any atom is 0.490 e. The number of halogens is 3. The molecule has 0 spiro atoms. The van der Waals surface area contributed by atoms with Gasteiger partial charge in [0.1, 0.15) is 11.5 Å². The minimum absolute atomic E-state index is 0.00590. The fourth-order valence-electron chi connectivity index (χ4n) is 3.58. The predicted molar refractivity (Wildman–Crippen MR) is 134 cm³/mol. The summed E-state index contributed by atoms with van der Waals surface area (Å²) in [4.78, 5) is 11.3. The zero-order valence-corrected chi connectivity index (χ0v) is 21.1. The van der Waals surface area contributed by atoms with E-state index in [-0.39, 0.29) is 11.5 Å². The molecule has 13 heteroatoms. The number of aromatic hydroxyl groups is 2. The molecular formula is C25H25F3N4O5S. The fourth-order valence-corrected chi connectivity index (χ4v) is 3.84. The lowest BCUT2D eigenvalue weighted by molar-refractivity contribution is -0.192. The van der Waals surface area contributed by atoms with Crippen LogP contribution in [0.25, 0.3) is 17.1 Å². The summed E-state index contributed by atoms with van der Waals surface area (Å²) in [7, 11) is 0. The molecule has 38 heavy (non-hydrogen) atoms. The van der Waals surface area contributed by atoms with Crippen LogP contribution < -0.4 is 0 Å². The van der Waals surface area contributed by atoms with Crippen LogP contribution in [0.5, 0.6) is 11.5 Å². The van der Waals surface area contributed by atoms with Crippen LogP contribution >= 0.6 is 12.6 Å². The van der Waals surface area contributed by atoms with Gasteiger partial charge in [0, 0.05) is 43.4 Å². The number of ether oxygens (including phenoxy) is 1. The van der Waals surface area contributed by atoms with E-state index in [0.717, 1.165) is 38.5 Å². The summed E-state index contributed by atoms with van der Waals surface area (Å²) in [6, 6.07) is 11.1. The van der Waals surface area contributed by atoms with E-state index in [1.54, 1.807) is 17.6 Å². The molecule has 0 bridgehead atoms. The minimum atomic E-state index is -5.08. The van der Waals surface area contributed by atoms with Crippen LogP contribution in [0, 0.1) is 11.8 Å². The van der Waals surface area contributed by atoms with Crippen LogP contribution in [0.1, 0.15) is 18.1 Å². The molecule has 0 saturated carbocycles. The topological polar surface area (TPSA) is 121 Å². The summed E-state index contributed by atoms with van der Waals surface area (Å²) >= 11 is 4.46. The number of alkyl halides is 3. The molecule has 1 aliphatic rings. The second-order valence-electron chi connectivity index (χ2n) is 8.12. The molecule has 1 fully saturated rings. The summed E-state index contributed by atoms with van der Waals surface area (Å²) < 4.78 is 38.9. The highest BCUT2D eigenvalue weighted by Crippen LogP contribution is 2.36. The molecule has 0 unspecified atom stereocenters. The first-order valence-corrected chi connectivity index (χ1v) is 11.7. The van der Waals surface area contributed by atoms with Gasteiger partial charge in [-0.2, -0.15) is 13.2 Å². The highest BCUT2D eigenvalue weighted by Gasteiger charge is 2.38. The second-order valence-corrected chi connectivity index (χ2v) is 8.52. The van der Waals surface area contributed by atoms with Crippen LogP contribution in [0.3, 0.4) is 0 Å². The summed E-state index contributed by atoms with van der Waals surface area (Å²) in [5.41, 5.74) is 3.10. The summed E-state index contributed by atoms with van der Waals surface area (Å²) in [5, 5.41) is 36.5. The van der Waals surface area contributed by atoms with Crippen LogP contribution in [0.15, 0.2) is 41.6 Å². The van der Waals surface area contributed by atoms with E-state index in [1.165, 1.54) is 11.6 Å². The Morgan fingerprint density at radius 2 is 1.74 bits per heavy atom. The van der Waals surface area contributed by atoms with Crippen molar-refractivity contribution in [3.63, 3.8) is 0 Å². The molecular weight excluding hydrogens is 525 g/mol. The Morgan fingerprint density at radius 1 is 1.11 bits per heavy atom. The molecule has 4 rings (SSSR count). The van der Waals surface area contributed by atoms with E-state index in [9.17, 15) is 23.4 Å². The normalized spacial score (nSPS) is 13.7. The summed E-state index contributed by atoms with van der Waals surface area (Å²) in [6.45, 7) is 6.02. The van der Waals surface area contributed by atoms with Gasteiger partial charge in [-0.3, -0.25) is 9.47 Å². The first kappa shape index (κ1) is 28.8. The average Bonchev–Trinajstić information content (AvgIpc) is 3.25. The number of rotatable bonds is 5. The number of aliphatic carboxylic acids is 1. The van der Waals surface area contributed by atoms with Gasteiger partial charge < -0.3 is 20.1 Å². The molecule has 3 N–H and O–H groups in total. The standard InChI is InChI=1S/C23H24N4O3S.C2HF3O2/c1-2-3-4-17-13-19(21(29)14-20(17)28)22-24-25-23(31)27(22)18-7-5-16(6-8-18)15-26-9-11-30-12-10-26;3-2(4,5)1(6)7/h5-8,13-14,28-29H,4,9-12,15H2,1H3,(H,25,31);(H,6,7). The van der Waals surface area contributed by atoms with Crippen molar-refractivity contribution in [2.24, 2.45) is 0 Å². The van der Waals surface area contributed by atoms with Crippen molar-refractivity contribution < 1.29 is 38.0 Å². The smallest absolute Gasteiger partial charge is 0.490 e. The van der Waals surface area contributed by atoms with E-state index in [2.05, 4.69) is 51.7 Å². The molecule has 0 radical (unpaired) electrons. The van der Waals surface area contributed by atoms with Crippen molar-refractivity contribution in [1.82, 2.24) is 19.7 Å². The van der Waals surface area contributed by atoms with Crippen LogP contribution in [0.4, 0.5) is 13.2 Å². The molecule has 9 nitrogen and oxygen atoms in total. The molecule has 1 saturated heterocycles. The van der Waals surface area contributed by atoms with Crippen molar-refractivity contribution in [1.29, 1.82) is 0 Å². The zero-order chi connectivity index (χ0) is 27.9. The van der Waals surface area contributed by atoms with E-state index in [4.69, 9.17) is 14.6 Å². The number of thiol groups is 1. The minimum Gasteiger partial charge on any atom is -0.507 e.